The largest absolute Gasteiger partial charge is 0.328 e. The minimum Gasteiger partial charge on any atom is -0.328 e. The SMILES string of the molecule is O=C1C(=O)N2CCNCC2CN1Cc1ccncc1Cl. The molecule has 0 saturated carbocycles. The minimum absolute atomic E-state index is 0.0505. The number of pyridine rings is 1. The van der Waals surface area contributed by atoms with E-state index in [4.69, 9.17) is 11.6 Å². The highest BCUT2D eigenvalue weighted by molar-refractivity contribution is 6.35. The summed E-state index contributed by atoms with van der Waals surface area (Å²) in [5.74, 6) is -0.857. The topological polar surface area (TPSA) is 65.5 Å². The maximum atomic E-state index is 12.2. The van der Waals surface area contributed by atoms with Crippen LogP contribution in [0, 0.1) is 0 Å². The zero-order valence-electron chi connectivity index (χ0n) is 10.9. The Morgan fingerprint density at radius 3 is 3.05 bits per heavy atom. The Balaban J connectivity index is 1.78. The molecule has 1 atom stereocenters. The Hall–Kier alpha value is -1.66. The van der Waals surface area contributed by atoms with Crippen molar-refractivity contribution in [1.82, 2.24) is 20.1 Å². The van der Waals surface area contributed by atoms with E-state index in [0.717, 1.165) is 18.7 Å². The Kier molecular flexibility index (Phi) is 3.58. The number of nitrogens with zero attached hydrogens (tertiary/aromatic N) is 3. The van der Waals surface area contributed by atoms with Gasteiger partial charge in [-0.1, -0.05) is 11.6 Å². The van der Waals surface area contributed by atoms with Gasteiger partial charge < -0.3 is 15.1 Å². The van der Waals surface area contributed by atoms with Gasteiger partial charge in [0.05, 0.1) is 11.1 Å². The van der Waals surface area contributed by atoms with Gasteiger partial charge in [-0.2, -0.15) is 0 Å². The van der Waals surface area contributed by atoms with Gasteiger partial charge in [-0.3, -0.25) is 14.6 Å². The normalized spacial score (nSPS) is 22.9. The van der Waals surface area contributed by atoms with Crippen LogP contribution < -0.4 is 5.32 Å². The third-order valence-corrected chi connectivity index (χ3v) is 4.07. The summed E-state index contributed by atoms with van der Waals surface area (Å²) >= 11 is 6.06. The van der Waals surface area contributed by atoms with Crippen molar-refractivity contribution >= 4 is 23.4 Å². The number of carbonyl (C=O) groups excluding carboxylic acids is 2. The number of halogens is 1. The number of nitrogens with one attached hydrogen (secondary N) is 1. The molecule has 6 nitrogen and oxygen atoms in total. The van der Waals surface area contributed by atoms with Crippen LogP contribution in [0.5, 0.6) is 0 Å². The molecule has 3 heterocycles. The van der Waals surface area contributed by atoms with E-state index in [-0.39, 0.29) is 6.04 Å². The third kappa shape index (κ3) is 2.36. The van der Waals surface area contributed by atoms with Gasteiger partial charge in [0.25, 0.3) is 0 Å². The van der Waals surface area contributed by atoms with E-state index in [1.807, 2.05) is 0 Å². The number of rotatable bonds is 2. The van der Waals surface area contributed by atoms with Crippen LogP contribution in [0.1, 0.15) is 5.56 Å². The van der Waals surface area contributed by atoms with E-state index in [1.165, 1.54) is 0 Å². The maximum absolute atomic E-state index is 12.2. The van der Waals surface area contributed by atoms with E-state index in [0.29, 0.717) is 24.7 Å². The summed E-state index contributed by atoms with van der Waals surface area (Å²) in [6.45, 7) is 2.94. The highest BCUT2D eigenvalue weighted by Gasteiger charge is 2.39. The van der Waals surface area contributed by atoms with E-state index < -0.39 is 11.8 Å². The van der Waals surface area contributed by atoms with Crippen molar-refractivity contribution in [3.63, 3.8) is 0 Å². The smallest absolute Gasteiger partial charge is 0.312 e. The molecule has 2 amide bonds. The van der Waals surface area contributed by atoms with Crippen molar-refractivity contribution in [3.05, 3.63) is 29.0 Å². The van der Waals surface area contributed by atoms with Crippen LogP contribution in [0.25, 0.3) is 0 Å². The van der Waals surface area contributed by atoms with Crippen molar-refractivity contribution in [3.8, 4) is 0 Å². The Bertz CT molecular complexity index is 551. The van der Waals surface area contributed by atoms with Crippen molar-refractivity contribution in [1.29, 1.82) is 0 Å². The number of hydrogen-bond acceptors (Lipinski definition) is 4. The van der Waals surface area contributed by atoms with Gasteiger partial charge in [-0.05, 0) is 11.6 Å². The lowest BCUT2D eigenvalue weighted by Crippen LogP contribution is -2.65. The summed E-state index contributed by atoms with van der Waals surface area (Å²) in [7, 11) is 0. The number of aromatic nitrogens is 1. The molecular formula is C13H15ClN4O2. The van der Waals surface area contributed by atoms with Gasteiger partial charge in [0.2, 0.25) is 0 Å². The van der Waals surface area contributed by atoms with E-state index in [9.17, 15) is 9.59 Å². The molecule has 106 valence electrons. The molecule has 1 aromatic heterocycles. The molecule has 2 aliphatic heterocycles. The zero-order chi connectivity index (χ0) is 14.1. The average molecular weight is 295 g/mol. The monoisotopic (exact) mass is 294 g/mol. The highest BCUT2D eigenvalue weighted by Crippen LogP contribution is 2.20. The zero-order valence-corrected chi connectivity index (χ0v) is 11.6. The van der Waals surface area contributed by atoms with Crippen molar-refractivity contribution in [2.75, 3.05) is 26.2 Å². The van der Waals surface area contributed by atoms with Crippen LogP contribution in [0.4, 0.5) is 0 Å². The molecule has 20 heavy (non-hydrogen) atoms. The lowest BCUT2D eigenvalue weighted by atomic mass is 10.1. The molecule has 1 N–H and O–H groups in total. The van der Waals surface area contributed by atoms with Crippen molar-refractivity contribution in [2.45, 2.75) is 12.6 Å². The third-order valence-electron chi connectivity index (χ3n) is 3.73. The molecule has 0 spiro atoms. The molecular weight excluding hydrogens is 280 g/mol. The van der Waals surface area contributed by atoms with Crippen LogP contribution in [0.15, 0.2) is 18.5 Å². The van der Waals surface area contributed by atoms with Crippen LogP contribution in [-0.2, 0) is 16.1 Å². The Labute approximate surface area is 121 Å². The number of hydrogen-bond donors (Lipinski definition) is 1. The number of fused-ring (bicyclic) bond motifs is 1. The van der Waals surface area contributed by atoms with Gasteiger partial charge in [-0.15, -0.1) is 0 Å². The first-order valence-electron chi connectivity index (χ1n) is 6.56. The second-order valence-corrected chi connectivity index (χ2v) is 5.42. The summed E-state index contributed by atoms with van der Waals surface area (Å²) in [5.41, 5.74) is 0.806. The predicted octanol–water partition coefficient (Wildman–Crippen LogP) is -0.122. The quantitative estimate of drug-likeness (QED) is 0.772. The van der Waals surface area contributed by atoms with Crippen molar-refractivity contribution in [2.24, 2.45) is 0 Å². The maximum Gasteiger partial charge on any atom is 0.312 e. The van der Waals surface area contributed by atoms with E-state index in [2.05, 4.69) is 10.3 Å². The Morgan fingerprint density at radius 1 is 1.40 bits per heavy atom. The molecule has 3 rings (SSSR count). The van der Waals surface area contributed by atoms with Crippen LogP contribution in [0.2, 0.25) is 5.02 Å². The fraction of sp³-hybridized carbons (Fsp3) is 0.462. The predicted molar refractivity (Wildman–Crippen MR) is 73.0 cm³/mol. The lowest BCUT2D eigenvalue weighted by Gasteiger charge is -2.43. The first-order valence-corrected chi connectivity index (χ1v) is 6.93. The van der Waals surface area contributed by atoms with Crippen LogP contribution in [0.3, 0.4) is 0 Å². The standard InChI is InChI=1S/C13H15ClN4O2/c14-11-6-15-2-1-9(11)7-17-8-10-5-16-3-4-18(10)13(20)12(17)19/h1-2,6,10,16H,3-5,7-8H2. The molecule has 0 aliphatic carbocycles. The van der Waals surface area contributed by atoms with Crippen LogP contribution >= 0.6 is 11.6 Å². The molecule has 0 radical (unpaired) electrons. The van der Waals surface area contributed by atoms with Crippen LogP contribution in [-0.4, -0.2) is 58.8 Å². The molecule has 7 heteroatoms. The summed E-state index contributed by atoms with van der Waals surface area (Å²) in [6, 6.07) is 1.82. The van der Waals surface area contributed by atoms with Gasteiger partial charge in [0.15, 0.2) is 0 Å². The molecule has 0 bridgehead atoms. The lowest BCUT2D eigenvalue weighted by molar-refractivity contribution is -0.160. The summed E-state index contributed by atoms with van der Waals surface area (Å²) < 4.78 is 0. The molecule has 1 aromatic rings. The fourth-order valence-electron chi connectivity index (χ4n) is 2.66. The summed E-state index contributed by atoms with van der Waals surface area (Å²) in [4.78, 5) is 31.4. The summed E-state index contributed by atoms with van der Waals surface area (Å²) in [5, 5.41) is 3.76. The fourth-order valence-corrected chi connectivity index (χ4v) is 2.84. The molecule has 2 saturated heterocycles. The first kappa shape index (κ1) is 13.3. The van der Waals surface area contributed by atoms with E-state index in [1.54, 1.807) is 28.3 Å². The van der Waals surface area contributed by atoms with E-state index >= 15 is 0 Å². The second kappa shape index (κ2) is 5.38. The molecule has 2 aliphatic rings. The second-order valence-electron chi connectivity index (χ2n) is 5.01. The summed E-state index contributed by atoms with van der Waals surface area (Å²) in [6.07, 6.45) is 3.17. The minimum atomic E-state index is -0.448. The number of piperazine rings is 2. The van der Waals surface area contributed by atoms with Crippen molar-refractivity contribution < 1.29 is 9.59 Å². The highest BCUT2D eigenvalue weighted by atomic mass is 35.5. The van der Waals surface area contributed by atoms with Gasteiger partial charge in [0.1, 0.15) is 0 Å². The van der Waals surface area contributed by atoms with Gasteiger partial charge in [-0.25, -0.2) is 0 Å². The number of carbonyl (C=O) groups is 2. The van der Waals surface area contributed by atoms with Gasteiger partial charge in [0, 0.05) is 45.1 Å². The Morgan fingerprint density at radius 2 is 2.25 bits per heavy atom. The first-order chi connectivity index (χ1) is 9.66. The molecule has 2 fully saturated rings. The molecule has 1 unspecified atom stereocenters. The average Bonchev–Trinajstić information content (AvgIpc) is 2.47. The van der Waals surface area contributed by atoms with Gasteiger partial charge >= 0.3 is 11.8 Å². The molecule has 0 aromatic carbocycles. The number of amides is 2.